The zero-order valence-corrected chi connectivity index (χ0v) is 14.3. The molecule has 2 aliphatic heterocycles. The van der Waals surface area contributed by atoms with Crippen molar-refractivity contribution in [3.05, 3.63) is 29.8 Å². The zero-order chi connectivity index (χ0) is 17.4. The van der Waals surface area contributed by atoms with Crippen LogP contribution in [0.5, 0.6) is 0 Å². The van der Waals surface area contributed by atoms with E-state index in [1.165, 1.54) is 4.90 Å². The predicted octanol–water partition coefficient (Wildman–Crippen LogP) is 1.35. The molecule has 1 aromatic carbocycles. The quantitative estimate of drug-likeness (QED) is 0.722. The summed E-state index contributed by atoms with van der Waals surface area (Å²) in [5.74, 6) is 0.942. The normalized spacial score (nSPS) is 26.1. The number of carbonyl (C=O) groups is 2. The van der Waals surface area contributed by atoms with E-state index in [0.29, 0.717) is 12.2 Å². The maximum atomic E-state index is 12.7. The number of hydrogen-bond donors (Lipinski definition) is 3. The smallest absolute Gasteiger partial charge is 0.329 e. The van der Waals surface area contributed by atoms with E-state index in [4.69, 9.17) is 0 Å². The van der Waals surface area contributed by atoms with Crippen molar-refractivity contribution >= 4 is 23.6 Å². The van der Waals surface area contributed by atoms with Gasteiger partial charge in [0.25, 0.3) is 5.91 Å². The van der Waals surface area contributed by atoms with Crippen LogP contribution in [0.1, 0.15) is 31.7 Å². The van der Waals surface area contributed by atoms with Gasteiger partial charge in [0.05, 0.1) is 5.69 Å². The molecule has 1 unspecified atom stereocenters. The summed E-state index contributed by atoms with van der Waals surface area (Å²) in [5, 5.41) is 9.35. The lowest BCUT2D eigenvalue weighted by atomic mass is 9.96. The number of hydrogen-bond acceptors (Lipinski definition) is 5. The summed E-state index contributed by atoms with van der Waals surface area (Å²) >= 11 is 0. The largest absolute Gasteiger partial charge is 0.356 e. The summed E-state index contributed by atoms with van der Waals surface area (Å²) in [4.78, 5) is 30.7. The van der Waals surface area contributed by atoms with E-state index in [1.807, 2.05) is 31.2 Å². The van der Waals surface area contributed by atoms with E-state index in [9.17, 15) is 9.59 Å². The first kappa shape index (κ1) is 15.9. The number of imide groups is 1. The molecule has 0 bridgehead atoms. The van der Waals surface area contributed by atoms with Gasteiger partial charge in [0.1, 0.15) is 5.54 Å². The van der Waals surface area contributed by atoms with E-state index < -0.39 is 5.54 Å². The zero-order valence-electron chi connectivity index (χ0n) is 14.3. The van der Waals surface area contributed by atoms with Crippen LogP contribution in [0, 0.1) is 5.92 Å². The number of guanidine groups is 1. The van der Waals surface area contributed by atoms with Gasteiger partial charge in [-0.2, -0.15) is 0 Å². The van der Waals surface area contributed by atoms with E-state index in [1.54, 1.807) is 0 Å². The maximum Gasteiger partial charge on any atom is 0.329 e. The average Bonchev–Trinajstić information content (AvgIpc) is 3.44. The summed E-state index contributed by atoms with van der Waals surface area (Å²) in [6, 6.07) is 7.18. The molecule has 4 rings (SSSR count). The fourth-order valence-corrected chi connectivity index (χ4v) is 3.43. The van der Waals surface area contributed by atoms with Crippen LogP contribution in [-0.4, -0.2) is 36.5 Å². The minimum Gasteiger partial charge on any atom is -0.356 e. The maximum absolute atomic E-state index is 12.7. The molecule has 132 valence electrons. The van der Waals surface area contributed by atoms with Crippen molar-refractivity contribution in [2.24, 2.45) is 10.9 Å². The molecule has 2 heterocycles. The highest BCUT2D eigenvalue weighted by Gasteiger charge is 2.56. The third-order valence-electron chi connectivity index (χ3n) is 5.16. The molecule has 25 heavy (non-hydrogen) atoms. The van der Waals surface area contributed by atoms with Crippen molar-refractivity contribution in [1.29, 1.82) is 0 Å². The lowest BCUT2D eigenvalue weighted by molar-refractivity contribution is -0.122. The number of urea groups is 1. The standard InChI is InChI=1S/C18H23N5O2/c1-18(13-5-6-13)15(24)23(17(25)22-18)14-7-3-12(4-8-14)11-21-16-19-9-2-10-20-16/h3-4,7-8,13H,2,5-6,9-11H2,1H3,(H,22,25)(H2,19,20,21). The summed E-state index contributed by atoms with van der Waals surface area (Å²) in [5.41, 5.74) is 0.932. The first-order valence-electron chi connectivity index (χ1n) is 8.86. The first-order chi connectivity index (χ1) is 12.1. The first-order valence-corrected chi connectivity index (χ1v) is 8.86. The Balaban J connectivity index is 1.44. The molecule has 1 aromatic rings. The summed E-state index contributed by atoms with van der Waals surface area (Å²) in [7, 11) is 0. The minimum atomic E-state index is -0.748. The molecular weight excluding hydrogens is 318 g/mol. The number of benzene rings is 1. The summed E-state index contributed by atoms with van der Waals surface area (Å²) in [6.45, 7) is 4.27. The van der Waals surface area contributed by atoms with E-state index >= 15 is 0 Å². The Bertz CT molecular complexity index is 725. The van der Waals surface area contributed by atoms with E-state index in [2.05, 4.69) is 20.9 Å². The molecule has 3 amide bonds. The number of nitrogens with one attached hydrogen (secondary N) is 3. The lowest BCUT2D eigenvalue weighted by Gasteiger charge is -2.21. The Morgan fingerprint density at radius 2 is 2.04 bits per heavy atom. The van der Waals surface area contributed by atoms with Gasteiger partial charge in [-0.3, -0.25) is 9.79 Å². The second kappa shape index (κ2) is 6.06. The van der Waals surface area contributed by atoms with Crippen molar-refractivity contribution in [3.8, 4) is 0 Å². The van der Waals surface area contributed by atoms with Gasteiger partial charge < -0.3 is 16.0 Å². The van der Waals surface area contributed by atoms with Crippen LogP contribution in [0.15, 0.2) is 29.3 Å². The van der Waals surface area contributed by atoms with Crippen molar-refractivity contribution in [2.45, 2.75) is 38.3 Å². The monoisotopic (exact) mass is 341 g/mol. The number of rotatable bonds is 4. The Kier molecular flexibility index (Phi) is 3.86. The van der Waals surface area contributed by atoms with Gasteiger partial charge in [-0.15, -0.1) is 0 Å². The van der Waals surface area contributed by atoms with Gasteiger partial charge in [-0.1, -0.05) is 12.1 Å². The van der Waals surface area contributed by atoms with Crippen LogP contribution in [0.4, 0.5) is 10.5 Å². The van der Waals surface area contributed by atoms with Gasteiger partial charge >= 0.3 is 6.03 Å². The lowest BCUT2D eigenvalue weighted by Crippen LogP contribution is -2.46. The van der Waals surface area contributed by atoms with Crippen LogP contribution >= 0.6 is 0 Å². The second-order valence-electron chi connectivity index (χ2n) is 7.08. The van der Waals surface area contributed by atoms with Crippen molar-refractivity contribution in [1.82, 2.24) is 16.0 Å². The van der Waals surface area contributed by atoms with E-state index in [-0.39, 0.29) is 17.9 Å². The van der Waals surface area contributed by atoms with Crippen LogP contribution < -0.4 is 20.9 Å². The van der Waals surface area contributed by atoms with Gasteiger partial charge in [0.15, 0.2) is 5.96 Å². The predicted molar refractivity (Wildman–Crippen MR) is 95.4 cm³/mol. The van der Waals surface area contributed by atoms with E-state index in [0.717, 1.165) is 43.9 Å². The van der Waals surface area contributed by atoms with Crippen LogP contribution in [0.3, 0.4) is 0 Å². The molecule has 0 aromatic heterocycles. The van der Waals surface area contributed by atoms with Crippen molar-refractivity contribution < 1.29 is 9.59 Å². The number of aliphatic imine (C=N–C) groups is 1. The molecule has 0 spiro atoms. The highest BCUT2D eigenvalue weighted by molar-refractivity contribution is 6.23. The third-order valence-corrected chi connectivity index (χ3v) is 5.16. The third kappa shape index (κ3) is 2.94. The molecule has 3 aliphatic rings. The molecule has 2 fully saturated rings. The van der Waals surface area contributed by atoms with Crippen LogP contribution in [0.2, 0.25) is 0 Å². The molecule has 1 saturated heterocycles. The summed E-state index contributed by atoms with van der Waals surface area (Å²) < 4.78 is 0. The van der Waals surface area contributed by atoms with Gasteiger partial charge in [-0.25, -0.2) is 9.69 Å². The van der Waals surface area contributed by atoms with Crippen molar-refractivity contribution in [3.63, 3.8) is 0 Å². The van der Waals surface area contributed by atoms with Gasteiger partial charge in [0.2, 0.25) is 0 Å². The highest BCUT2D eigenvalue weighted by atomic mass is 16.2. The Morgan fingerprint density at radius 3 is 2.68 bits per heavy atom. The number of amides is 3. The molecule has 7 nitrogen and oxygen atoms in total. The fourth-order valence-electron chi connectivity index (χ4n) is 3.43. The minimum absolute atomic E-state index is 0.147. The Morgan fingerprint density at radius 1 is 1.28 bits per heavy atom. The van der Waals surface area contributed by atoms with Crippen LogP contribution in [-0.2, 0) is 11.3 Å². The molecular formula is C18H23N5O2. The molecule has 7 heteroatoms. The van der Waals surface area contributed by atoms with Crippen LogP contribution in [0.25, 0.3) is 0 Å². The number of anilines is 1. The average molecular weight is 341 g/mol. The van der Waals surface area contributed by atoms with Gasteiger partial charge in [-0.05, 0) is 49.8 Å². The summed E-state index contributed by atoms with van der Waals surface area (Å²) in [6.07, 6.45) is 3.06. The molecule has 1 saturated carbocycles. The molecule has 0 radical (unpaired) electrons. The van der Waals surface area contributed by atoms with Crippen molar-refractivity contribution in [2.75, 3.05) is 18.0 Å². The molecule has 1 atom stereocenters. The topological polar surface area (TPSA) is 85.8 Å². The second-order valence-corrected chi connectivity index (χ2v) is 7.08. The highest BCUT2D eigenvalue weighted by Crippen LogP contribution is 2.43. The fraction of sp³-hybridized carbons (Fsp3) is 0.500. The molecule has 1 aliphatic carbocycles. The van der Waals surface area contributed by atoms with Gasteiger partial charge in [0, 0.05) is 19.6 Å². The number of nitrogens with zero attached hydrogens (tertiary/aromatic N) is 2. The Labute approximate surface area is 146 Å². The molecule has 3 N–H and O–H groups in total. The number of carbonyl (C=O) groups excluding carboxylic acids is 2. The Hall–Kier alpha value is -2.57. The SMILES string of the molecule is CC1(C2CC2)NC(=O)N(c2ccc(CNC3=NCCCN3)cc2)C1=O.